The van der Waals surface area contributed by atoms with Crippen molar-refractivity contribution in [2.45, 2.75) is 32.4 Å². The molecule has 0 rings (SSSR count). The van der Waals surface area contributed by atoms with Crippen molar-refractivity contribution in [1.82, 2.24) is 9.91 Å². The summed E-state index contributed by atoms with van der Waals surface area (Å²) in [6, 6.07) is -1.48. The summed E-state index contributed by atoms with van der Waals surface area (Å²) in [6.07, 6.45) is -0.821. The van der Waals surface area contributed by atoms with Crippen LogP contribution in [0, 0.1) is 0 Å². The molecular weight excluding hydrogens is 254 g/mol. The van der Waals surface area contributed by atoms with Crippen molar-refractivity contribution in [2.24, 2.45) is 5.84 Å². The van der Waals surface area contributed by atoms with Gasteiger partial charge in [0.1, 0.15) is 5.60 Å². The number of carbonyl (C=O) groups is 3. The maximum atomic E-state index is 11.8. The highest BCUT2D eigenvalue weighted by Gasteiger charge is 2.37. The Bertz CT molecular complexity index is 362. The van der Waals surface area contributed by atoms with Gasteiger partial charge in [0, 0.05) is 14.1 Å². The summed E-state index contributed by atoms with van der Waals surface area (Å²) < 4.78 is 9.57. The molecule has 8 nitrogen and oxygen atoms in total. The van der Waals surface area contributed by atoms with Crippen molar-refractivity contribution in [2.75, 3.05) is 21.2 Å². The van der Waals surface area contributed by atoms with E-state index in [1.165, 1.54) is 14.1 Å². The van der Waals surface area contributed by atoms with Crippen molar-refractivity contribution in [1.29, 1.82) is 0 Å². The average molecular weight is 275 g/mol. The molecule has 8 heteroatoms. The van der Waals surface area contributed by atoms with E-state index in [1.807, 2.05) is 0 Å². The zero-order valence-corrected chi connectivity index (χ0v) is 12.1. The maximum Gasteiger partial charge on any atom is 0.411 e. The predicted octanol–water partition coefficient (Wildman–Crippen LogP) is -0.273. The number of hydrazine groups is 1. The fourth-order valence-corrected chi connectivity index (χ4v) is 1.17. The fourth-order valence-electron chi connectivity index (χ4n) is 1.17. The molecule has 0 aromatic carbocycles. The molecule has 2 amide bonds. The van der Waals surface area contributed by atoms with Gasteiger partial charge in [0.25, 0.3) is 5.91 Å². The van der Waals surface area contributed by atoms with Gasteiger partial charge in [0.2, 0.25) is 6.04 Å². The minimum Gasteiger partial charge on any atom is -0.467 e. The van der Waals surface area contributed by atoms with E-state index in [-0.39, 0.29) is 0 Å². The monoisotopic (exact) mass is 275 g/mol. The van der Waals surface area contributed by atoms with Crippen LogP contribution in [0.4, 0.5) is 4.79 Å². The predicted molar refractivity (Wildman–Crippen MR) is 66.8 cm³/mol. The summed E-state index contributed by atoms with van der Waals surface area (Å²) in [5.74, 6) is 3.62. The highest BCUT2D eigenvalue weighted by atomic mass is 16.6. The Kier molecular flexibility index (Phi) is 5.76. The zero-order valence-electron chi connectivity index (χ0n) is 12.1. The first-order chi connectivity index (χ1) is 8.51. The van der Waals surface area contributed by atoms with E-state index in [1.54, 1.807) is 20.8 Å². The van der Waals surface area contributed by atoms with Gasteiger partial charge in [-0.25, -0.2) is 15.4 Å². The second kappa shape index (κ2) is 6.37. The molecule has 0 aliphatic heterocycles. The van der Waals surface area contributed by atoms with Gasteiger partial charge in [-0.15, -0.1) is 0 Å². The Labute approximate surface area is 112 Å². The normalized spacial score (nSPS) is 12.4. The van der Waals surface area contributed by atoms with Crippen LogP contribution in [0.5, 0.6) is 0 Å². The Morgan fingerprint density at radius 1 is 1.16 bits per heavy atom. The van der Waals surface area contributed by atoms with Crippen LogP contribution in [-0.4, -0.2) is 60.7 Å². The first-order valence-corrected chi connectivity index (χ1v) is 5.57. The molecule has 0 radical (unpaired) electrons. The molecule has 2 N–H and O–H groups in total. The molecule has 0 aromatic heterocycles. The van der Waals surface area contributed by atoms with E-state index in [2.05, 4.69) is 4.74 Å². The van der Waals surface area contributed by atoms with Gasteiger partial charge in [0.15, 0.2) is 0 Å². The van der Waals surface area contributed by atoms with Crippen LogP contribution in [0.25, 0.3) is 0 Å². The van der Waals surface area contributed by atoms with Crippen LogP contribution in [0.2, 0.25) is 0 Å². The lowest BCUT2D eigenvalue weighted by Crippen LogP contribution is -2.55. The standard InChI is InChI=1S/C11H21N3O5/c1-11(2,3)19-10(17)13(4)7(9(16)18-6)8(15)14(5)12/h7H,12H2,1-6H3. The maximum absolute atomic E-state index is 11.8. The Balaban J connectivity index is 5.12. The average Bonchev–Trinajstić information content (AvgIpc) is 2.26. The Morgan fingerprint density at radius 3 is 1.95 bits per heavy atom. The molecule has 0 aliphatic carbocycles. The molecular formula is C11H21N3O5. The number of nitrogens with zero attached hydrogens (tertiary/aromatic N) is 2. The number of hydrogen-bond acceptors (Lipinski definition) is 6. The van der Waals surface area contributed by atoms with Crippen molar-refractivity contribution in [3.05, 3.63) is 0 Å². The highest BCUT2D eigenvalue weighted by Crippen LogP contribution is 2.12. The molecule has 1 unspecified atom stereocenters. The lowest BCUT2D eigenvalue weighted by Gasteiger charge is -2.29. The van der Waals surface area contributed by atoms with Crippen LogP contribution in [0.15, 0.2) is 0 Å². The van der Waals surface area contributed by atoms with Crippen molar-refractivity contribution >= 4 is 18.0 Å². The van der Waals surface area contributed by atoms with Crippen molar-refractivity contribution < 1.29 is 23.9 Å². The molecule has 0 saturated carbocycles. The largest absolute Gasteiger partial charge is 0.467 e. The van der Waals surface area contributed by atoms with Crippen molar-refractivity contribution in [3.63, 3.8) is 0 Å². The first kappa shape index (κ1) is 17.2. The van der Waals surface area contributed by atoms with E-state index in [0.717, 1.165) is 12.0 Å². The molecule has 0 aromatic rings. The zero-order chi connectivity index (χ0) is 15.4. The molecule has 0 fully saturated rings. The molecule has 0 aliphatic rings. The smallest absolute Gasteiger partial charge is 0.411 e. The first-order valence-electron chi connectivity index (χ1n) is 5.57. The van der Waals surface area contributed by atoms with E-state index in [9.17, 15) is 14.4 Å². The highest BCUT2D eigenvalue weighted by molar-refractivity contribution is 6.03. The number of methoxy groups -OCH3 is 1. The van der Waals surface area contributed by atoms with Crippen LogP contribution in [-0.2, 0) is 19.1 Å². The van der Waals surface area contributed by atoms with Crippen LogP contribution in [0.3, 0.4) is 0 Å². The quantitative estimate of drug-likeness (QED) is 0.250. The van der Waals surface area contributed by atoms with E-state index in [4.69, 9.17) is 10.6 Å². The van der Waals surface area contributed by atoms with Gasteiger partial charge in [-0.05, 0) is 20.8 Å². The van der Waals surface area contributed by atoms with E-state index < -0.39 is 29.6 Å². The van der Waals surface area contributed by atoms with Gasteiger partial charge in [-0.3, -0.25) is 14.7 Å². The summed E-state index contributed by atoms with van der Waals surface area (Å²) >= 11 is 0. The van der Waals surface area contributed by atoms with Crippen LogP contribution in [0.1, 0.15) is 20.8 Å². The number of hydrogen-bond donors (Lipinski definition) is 1. The lowest BCUT2D eigenvalue weighted by molar-refractivity contribution is -0.154. The van der Waals surface area contributed by atoms with Gasteiger partial charge in [0.05, 0.1) is 7.11 Å². The summed E-state index contributed by atoms with van der Waals surface area (Å²) in [5, 5.41) is 0.711. The number of carbonyl (C=O) groups excluding carboxylic acids is 3. The third-order valence-electron chi connectivity index (χ3n) is 2.07. The summed E-state index contributed by atoms with van der Waals surface area (Å²) in [5.41, 5.74) is -0.746. The Morgan fingerprint density at radius 2 is 1.63 bits per heavy atom. The molecule has 1 atom stereocenters. The van der Waals surface area contributed by atoms with E-state index >= 15 is 0 Å². The number of rotatable bonds is 3. The number of amides is 2. The van der Waals surface area contributed by atoms with Gasteiger partial charge in [-0.1, -0.05) is 0 Å². The number of nitrogens with two attached hydrogens (primary N) is 1. The minimum atomic E-state index is -1.48. The summed E-state index contributed by atoms with van der Waals surface area (Å²) in [4.78, 5) is 36.1. The minimum absolute atomic E-state index is 0.711. The molecule has 0 spiro atoms. The van der Waals surface area contributed by atoms with Gasteiger partial charge in [-0.2, -0.15) is 0 Å². The third-order valence-corrected chi connectivity index (χ3v) is 2.07. The van der Waals surface area contributed by atoms with Crippen LogP contribution < -0.4 is 5.84 Å². The molecule has 110 valence electrons. The molecule has 0 saturated heterocycles. The SMILES string of the molecule is COC(=O)C(C(=O)N(C)N)N(C)C(=O)OC(C)(C)C. The second-order valence-corrected chi connectivity index (χ2v) is 4.97. The molecule has 0 bridgehead atoms. The van der Waals surface area contributed by atoms with Gasteiger partial charge >= 0.3 is 12.1 Å². The molecule has 19 heavy (non-hydrogen) atoms. The van der Waals surface area contributed by atoms with Gasteiger partial charge < -0.3 is 9.47 Å². The summed E-state index contributed by atoms with van der Waals surface area (Å²) in [7, 11) is 3.64. The lowest BCUT2D eigenvalue weighted by atomic mass is 10.2. The Hall–Kier alpha value is -1.83. The second-order valence-electron chi connectivity index (χ2n) is 4.97. The van der Waals surface area contributed by atoms with Crippen molar-refractivity contribution in [3.8, 4) is 0 Å². The summed E-state index contributed by atoms with van der Waals surface area (Å²) in [6.45, 7) is 5.01. The van der Waals surface area contributed by atoms with E-state index in [0.29, 0.717) is 5.01 Å². The van der Waals surface area contributed by atoms with Crippen LogP contribution >= 0.6 is 0 Å². The fraction of sp³-hybridized carbons (Fsp3) is 0.727. The number of ether oxygens (including phenoxy) is 2. The number of esters is 1. The molecule has 0 heterocycles. The third kappa shape index (κ3) is 5.12. The topological polar surface area (TPSA) is 102 Å². The number of likely N-dealkylation sites (N-methyl/N-ethyl adjacent to an activating group) is 2.